The molecule has 0 aliphatic rings. The molecule has 20 heavy (non-hydrogen) atoms. The molecule has 0 saturated carbocycles. The maximum Gasteiger partial charge on any atom is 0.0702 e. The van der Waals surface area contributed by atoms with E-state index < -0.39 is 0 Å². The lowest BCUT2D eigenvalue weighted by atomic mass is 9.98. The number of fused-ring (bicyclic) bond motifs is 1. The summed E-state index contributed by atoms with van der Waals surface area (Å²) in [5.41, 5.74) is 3.17. The highest BCUT2D eigenvalue weighted by Crippen LogP contribution is 2.28. The lowest BCUT2D eigenvalue weighted by Gasteiger charge is -2.18. The van der Waals surface area contributed by atoms with Crippen LogP contribution in [0.5, 0.6) is 0 Å². The molecule has 0 spiro atoms. The normalized spacial score (nSPS) is 12.5. The zero-order chi connectivity index (χ0) is 13.9. The van der Waals surface area contributed by atoms with Crippen LogP contribution in [0.1, 0.15) is 17.2 Å². The van der Waals surface area contributed by atoms with Gasteiger partial charge in [-0.2, -0.15) is 0 Å². The Balaban J connectivity index is 2.10. The third-order valence-electron chi connectivity index (χ3n) is 3.36. The van der Waals surface area contributed by atoms with E-state index in [0.29, 0.717) is 5.02 Å². The van der Waals surface area contributed by atoms with Crippen molar-refractivity contribution in [1.82, 2.24) is 15.3 Å². The smallest absolute Gasteiger partial charge is 0.0702 e. The van der Waals surface area contributed by atoms with Crippen LogP contribution >= 0.6 is 11.6 Å². The van der Waals surface area contributed by atoms with Gasteiger partial charge in [-0.3, -0.25) is 9.97 Å². The number of pyridine rings is 2. The molecule has 0 aliphatic carbocycles. The molecule has 4 heteroatoms. The van der Waals surface area contributed by atoms with E-state index in [1.54, 1.807) is 18.6 Å². The van der Waals surface area contributed by atoms with E-state index in [1.807, 2.05) is 25.2 Å². The van der Waals surface area contributed by atoms with Crippen LogP contribution in [0.4, 0.5) is 0 Å². The molecule has 0 saturated heterocycles. The molecule has 1 atom stereocenters. The second kappa shape index (κ2) is 5.57. The van der Waals surface area contributed by atoms with Crippen molar-refractivity contribution in [2.75, 3.05) is 7.05 Å². The van der Waals surface area contributed by atoms with Gasteiger partial charge in [-0.05, 0) is 42.4 Å². The lowest BCUT2D eigenvalue weighted by molar-refractivity contribution is 0.692. The molecular weight excluding hydrogens is 270 g/mol. The quantitative estimate of drug-likeness (QED) is 0.798. The summed E-state index contributed by atoms with van der Waals surface area (Å²) in [6, 6.07) is 12.2. The van der Waals surface area contributed by atoms with E-state index in [9.17, 15) is 0 Å². The van der Waals surface area contributed by atoms with Gasteiger partial charge < -0.3 is 5.32 Å². The van der Waals surface area contributed by atoms with Gasteiger partial charge in [-0.1, -0.05) is 23.7 Å². The predicted molar refractivity (Wildman–Crippen MR) is 81.9 cm³/mol. The van der Waals surface area contributed by atoms with Gasteiger partial charge in [0.15, 0.2) is 0 Å². The number of halogens is 1. The maximum atomic E-state index is 6.25. The van der Waals surface area contributed by atoms with Gasteiger partial charge in [0.25, 0.3) is 0 Å². The molecule has 1 unspecified atom stereocenters. The van der Waals surface area contributed by atoms with E-state index in [-0.39, 0.29) is 6.04 Å². The Morgan fingerprint density at radius 3 is 2.85 bits per heavy atom. The van der Waals surface area contributed by atoms with Gasteiger partial charge in [-0.25, -0.2) is 0 Å². The van der Waals surface area contributed by atoms with Gasteiger partial charge >= 0.3 is 0 Å². The van der Waals surface area contributed by atoms with E-state index >= 15 is 0 Å². The fraction of sp³-hybridized carbons (Fsp3) is 0.125. The number of hydrogen-bond donors (Lipinski definition) is 1. The van der Waals surface area contributed by atoms with Crippen LogP contribution in [0, 0.1) is 0 Å². The maximum absolute atomic E-state index is 6.25. The first kappa shape index (κ1) is 13.0. The van der Waals surface area contributed by atoms with Crippen molar-refractivity contribution < 1.29 is 0 Å². The lowest BCUT2D eigenvalue weighted by Crippen LogP contribution is -2.18. The Hall–Kier alpha value is -1.97. The Morgan fingerprint density at radius 1 is 1.15 bits per heavy atom. The van der Waals surface area contributed by atoms with Crippen molar-refractivity contribution in [3.05, 3.63) is 71.1 Å². The van der Waals surface area contributed by atoms with Gasteiger partial charge in [0, 0.05) is 24.0 Å². The second-order valence-electron chi connectivity index (χ2n) is 4.57. The van der Waals surface area contributed by atoms with Crippen molar-refractivity contribution in [2.24, 2.45) is 0 Å². The summed E-state index contributed by atoms with van der Waals surface area (Å²) in [7, 11) is 1.93. The molecule has 1 N–H and O–H groups in total. The summed E-state index contributed by atoms with van der Waals surface area (Å²) in [5, 5.41) is 5.09. The van der Waals surface area contributed by atoms with Crippen molar-refractivity contribution >= 4 is 22.5 Å². The van der Waals surface area contributed by atoms with Crippen LogP contribution in [0.15, 0.2) is 55.0 Å². The first-order valence-electron chi connectivity index (χ1n) is 6.41. The van der Waals surface area contributed by atoms with E-state index in [0.717, 1.165) is 22.0 Å². The highest BCUT2D eigenvalue weighted by Gasteiger charge is 2.15. The number of hydrogen-bond acceptors (Lipinski definition) is 3. The van der Waals surface area contributed by atoms with Gasteiger partial charge in [0.05, 0.1) is 16.6 Å². The molecule has 0 bridgehead atoms. The minimum Gasteiger partial charge on any atom is -0.309 e. The van der Waals surface area contributed by atoms with Crippen LogP contribution in [0.3, 0.4) is 0 Å². The molecule has 0 fully saturated rings. The summed E-state index contributed by atoms with van der Waals surface area (Å²) in [5.74, 6) is 0. The molecule has 3 aromatic rings. The van der Waals surface area contributed by atoms with Crippen LogP contribution in [-0.2, 0) is 0 Å². The third-order valence-corrected chi connectivity index (χ3v) is 3.68. The minimum absolute atomic E-state index is 0.0371. The van der Waals surface area contributed by atoms with Gasteiger partial charge in [-0.15, -0.1) is 0 Å². The molecule has 3 rings (SSSR count). The highest BCUT2D eigenvalue weighted by molar-refractivity contribution is 6.31. The molecule has 2 heterocycles. The largest absolute Gasteiger partial charge is 0.309 e. The Bertz CT molecular complexity index is 742. The zero-order valence-corrected chi connectivity index (χ0v) is 11.8. The Kier molecular flexibility index (Phi) is 3.63. The first-order valence-corrected chi connectivity index (χ1v) is 6.79. The fourth-order valence-corrected chi connectivity index (χ4v) is 2.62. The summed E-state index contributed by atoms with van der Waals surface area (Å²) in [6.07, 6.45) is 5.23. The average Bonchev–Trinajstić information content (AvgIpc) is 2.50. The van der Waals surface area contributed by atoms with E-state index in [4.69, 9.17) is 11.6 Å². The molecular formula is C16H14ClN3. The zero-order valence-electron chi connectivity index (χ0n) is 11.0. The monoisotopic (exact) mass is 283 g/mol. The van der Waals surface area contributed by atoms with Crippen LogP contribution in [0.2, 0.25) is 5.02 Å². The molecule has 0 aliphatic heterocycles. The fourth-order valence-electron chi connectivity index (χ4n) is 2.40. The molecule has 0 radical (unpaired) electrons. The predicted octanol–water partition coefficient (Wildman–Crippen LogP) is 3.59. The summed E-state index contributed by atoms with van der Waals surface area (Å²) in [4.78, 5) is 8.38. The summed E-state index contributed by atoms with van der Waals surface area (Å²) >= 11 is 6.25. The molecule has 1 aromatic carbocycles. The molecule has 100 valence electrons. The van der Waals surface area contributed by atoms with Gasteiger partial charge in [0.1, 0.15) is 0 Å². The van der Waals surface area contributed by atoms with Crippen LogP contribution in [-0.4, -0.2) is 17.0 Å². The molecule has 0 amide bonds. The van der Waals surface area contributed by atoms with Crippen LogP contribution in [0.25, 0.3) is 10.9 Å². The third kappa shape index (κ3) is 2.38. The van der Waals surface area contributed by atoms with Crippen molar-refractivity contribution in [2.45, 2.75) is 6.04 Å². The Labute approximate surface area is 122 Å². The number of nitrogens with one attached hydrogen (secondary N) is 1. The summed E-state index contributed by atoms with van der Waals surface area (Å²) in [6.45, 7) is 0. The minimum atomic E-state index is 0.0371. The number of benzene rings is 1. The van der Waals surface area contributed by atoms with Crippen molar-refractivity contribution in [1.29, 1.82) is 0 Å². The number of aromatic nitrogens is 2. The number of nitrogens with zero attached hydrogens (tertiary/aromatic N) is 2. The standard InChI is InChI=1S/C16H14ClN3/c1-18-16(13-6-8-19-10-14(13)17)12-4-5-15-11(9-12)3-2-7-20-15/h2-10,16,18H,1H3. The van der Waals surface area contributed by atoms with E-state index in [1.165, 1.54) is 0 Å². The summed E-state index contributed by atoms with van der Waals surface area (Å²) < 4.78 is 0. The molecule has 2 aromatic heterocycles. The molecule has 3 nitrogen and oxygen atoms in total. The highest BCUT2D eigenvalue weighted by atomic mass is 35.5. The van der Waals surface area contributed by atoms with Crippen LogP contribution < -0.4 is 5.32 Å². The van der Waals surface area contributed by atoms with Crippen molar-refractivity contribution in [3.8, 4) is 0 Å². The topological polar surface area (TPSA) is 37.8 Å². The SMILES string of the molecule is CNC(c1ccc2ncccc2c1)c1ccncc1Cl. The number of rotatable bonds is 3. The van der Waals surface area contributed by atoms with Crippen molar-refractivity contribution in [3.63, 3.8) is 0 Å². The van der Waals surface area contributed by atoms with E-state index in [2.05, 4.69) is 33.5 Å². The Morgan fingerprint density at radius 2 is 2.05 bits per heavy atom. The van der Waals surface area contributed by atoms with Gasteiger partial charge in [0.2, 0.25) is 0 Å². The second-order valence-corrected chi connectivity index (χ2v) is 4.98. The first-order chi connectivity index (χ1) is 9.79. The average molecular weight is 284 g/mol.